The van der Waals surface area contributed by atoms with E-state index in [-0.39, 0.29) is 12.1 Å². The van der Waals surface area contributed by atoms with E-state index in [1.807, 2.05) is 18.2 Å². The first-order valence-electron chi connectivity index (χ1n) is 7.93. The van der Waals surface area contributed by atoms with Gasteiger partial charge in [-0.1, -0.05) is 36.8 Å². The summed E-state index contributed by atoms with van der Waals surface area (Å²) in [6, 6.07) is 9.82. The minimum atomic E-state index is -1.19. The van der Waals surface area contributed by atoms with Gasteiger partial charge in [0.15, 0.2) is 6.10 Å². The third-order valence-electron chi connectivity index (χ3n) is 4.34. The summed E-state index contributed by atoms with van der Waals surface area (Å²) in [5.41, 5.74) is 0.588. The molecule has 3 rings (SSSR count). The molecule has 0 unspecified atom stereocenters. The zero-order chi connectivity index (χ0) is 14.7. The summed E-state index contributed by atoms with van der Waals surface area (Å²) in [6.07, 6.45) is 5.36. The molecule has 2 aliphatic rings. The second-order valence-electron chi connectivity index (χ2n) is 6.12. The monoisotopic (exact) mass is 289 g/mol. The largest absolute Gasteiger partial charge is 0.459 e. The molecule has 0 aromatic heterocycles. The Morgan fingerprint density at radius 2 is 1.86 bits per heavy atom. The summed E-state index contributed by atoms with van der Waals surface area (Å²) >= 11 is 0. The molecule has 2 aliphatic carbocycles. The van der Waals surface area contributed by atoms with Gasteiger partial charge in [-0.2, -0.15) is 0 Å². The number of rotatable bonds is 5. The molecule has 0 spiro atoms. The summed E-state index contributed by atoms with van der Waals surface area (Å²) in [4.78, 5) is 12.2. The SMILES string of the molecule is O=C(O[C@H]1CCCC[C@@H]1NC1CC1)[C@@H](O)c1ccccc1. The van der Waals surface area contributed by atoms with E-state index in [1.165, 1.54) is 19.3 Å². The van der Waals surface area contributed by atoms with Crippen LogP contribution in [0.1, 0.15) is 50.2 Å². The molecule has 4 nitrogen and oxygen atoms in total. The standard InChI is InChI=1S/C17H23NO3/c19-16(12-6-2-1-3-7-12)17(20)21-15-9-5-4-8-14(15)18-13-10-11-13/h1-3,6-7,13-16,18-19H,4-5,8-11H2/t14-,15-,16-/m0/s1. The quantitative estimate of drug-likeness (QED) is 0.817. The van der Waals surface area contributed by atoms with E-state index in [2.05, 4.69) is 5.32 Å². The molecule has 1 aromatic carbocycles. The molecule has 0 bridgehead atoms. The number of hydrogen-bond acceptors (Lipinski definition) is 4. The van der Waals surface area contributed by atoms with Crippen molar-refractivity contribution in [3.8, 4) is 0 Å². The molecule has 114 valence electrons. The molecule has 2 saturated carbocycles. The summed E-state index contributed by atoms with van der Waals surface area (Å²) in [7, 11) is 0. The summed E-state index contributed by atoms with van der Waals surface area (Å²) in [6.45, 7) is 0. The maximum absolute atomic E-state index is 12.2. The van der Waals surface area contributed by atoms with Crippen LogP contribution in [0.25, 0.3) is 0 Å². The first-order chi connectivity index (χ1) is 10.2. The Kier molecular flexibility index (Phi) is 4.56. The van der Waals surface area contributed by atoms with Crippen molar-refractivity contribution in [1.29, 1.82) is 0 Å². The number of nitrogens with one attached hydrogen (secondary N) is 1. The van der Waals surface area contributed by atoms with E-state index in [1.54, 1.807) is 12.1 Å². The number of hydrogen-bond donors (Lipinski definition) is 2. The molecule has 21 heavy (non-hydrogen) atoms. The van der Waals surface area contributed by atoms with Crippen molar-refractivity contribution in [3.05, 3.63) is 35.9 Å². The molecule has 2 fully saturated rings. The second-order valence-corrected chi connectivity index (χ2v) is 6.12. The Hall–Kier alpha value is -1.39. The molecule has 3 atom stereocenters. The van der Waals surface area contributed by atoms with Crippen molar-refractivity contribution >= 4 is 5.97 Å². The summed E-state index contributed by atoms with van der Waals surface area (Å²) < 4.78 is 5.60. The lowest BCUT2D eigenvalue weighted by Crippen LogP contribution is -2.45. The minimum absolute atomic E-state index is 0.106. The number of aliphatic hydroxyl groups excluding tert-OH is 1. The molecular weight excluding hydrogens is 266 g/mol. The molecule has 0 radical (unpaired) electrons. The maximum Gasteiger partial charge on any atom is 0.339 e. The van der Waals surface area contributed by atoms with Crippen LogP contribution in [-0.4, -0.2) is 29.3 Å². The van der Waals surface area contributed by atoms with Gasteiger partial charge in [-0.3, -0.25) is 0 Å². The number of carbonyl (C=O) groups excluding carboxylic acids is 1. The van der Waals surface area contributed by atoms with Crippen molar-refractivity contribution in [2.24, 2.45) is 0 Å². The number of carbonyl (C=O) groups is 1. The first kappa shape index (κ1) is 14.5. The van der Waals surface area contributed by atoms with Crippen LogP contribution in [0.4, 0.5) is 0 Å². The predicted octanol–water partition coefficient (Wildman–Crippen LogP) is 2.33. The van der Waals surface area contributed by atoms with Crippen LogP contribution < -0.4 is 5.32 Å². The van der Waals surface area contributed by atoms with Crippen LogP contribution in [0.5, 0.6) is 0 Å². The Bertz CT molecular complexity index is 472. The van der Waals surface area contributed by atoms with Crippen molar-refractivity contribution in [2.45, 2.75) is 62.8 Å². The van der Waals surface area contributed by atoms with Gasteiger partial charge in [-0.15, -0.1) is 0 Å². The Labute approximate surface area is 125 Å². The highest BCUT2D eigenvalue weighted by molar-refractivity contribution is 5.76. The van der Waals surface area contributed by atoms with Crippen molar-refractivity contribution in [1.82, 2.24) is 5.32 Å². The fraction of sp³-hybridized carbons (Fsp3) is 0.588. The van der Waals surface area contributed by atoms with E-state index in [0.29, 0.717) is 11.6 Å². The van der Waals surface area contributed by atoms with Crippen LogP contribution in [0.15, 0.2) is 30.3 Å². The lowest BCUT2D eigenvalue weighted by molar-refractivity contribution is -0.162. The normalized spacial score (nSPS) is 27.1. The zero-order valence-electron chi connectivity index (χ0n) is 12.2. The zero-order valence-corrected chi connectivity index (χ0v) is 12.2. The van der Waals surface area contributed by atoms with Crippen LogP contribution in [-0.2, 0) is 9.53 Å². The lowest BCUT2D eigenvalue weighted by Gasteiger charge is -2.32. The van der Waals surface area contributed by atoms with Crippen molar-refractivity contribution < 1.29 is 14.6 Å². The Morgan fingerprint density at radius 1 is 1.14 bits per heavy atom. The summed E-state index contributed by atoms with van der Waals surface area (Å²) in [5, 5.41) is 13.7. The van der Waals surface area contributed by atoms with Crippen LogP contribution >= 0.6 is 0 Å². The fourth-order valence-electron chi connectivity index (χ4n) is 2.97. The average molecular weight is 289 g/mol. The van der Waals surface area contributed by atoms with Gasteiger partial charge in [0, 0.05) is 12.1 Å². The highest BCUT2D eigenvalue weighted by Crippen LogP contribution is 2.27. The Balaban J connectivity index is 1.59. The minimum Gasteiger partial charge on any atom is -0.459 e. The molecule has 4 heteroatoms. The highest BCUT2D eigenvalue weighted by atomic mass is 16.6. The molecule has 0 heterocycles. The molecular formula is C17H23NO3. The fourth-order valence-corrected chi connectivity index (χ4v) is 2.97. The molecule has 2 N–H and O–H groups in total. The Morgan fingerprint density at radius 3 is 2.57 bits per heavy atom. The summed E-state index contributed by atoms with van der Waals surface area (Å²) in [5.74, 6) is -0.532. The van der Waals surface area contributed by atoms with E-state index in [9.17, 15) is 9.90 Å². The molecule has 0 aliphatic heterocycles. The third kappa shape index (κ3) is 3.83. The van der Waals surface area contributed by atoms with Crippen LogP contribution in [0, 0.1) is 0 Å². The van der Waals surface area contributed by atoms with Gasteiger partial charge < -0.3 is 15.2 Å². The number of benzene rings is 1. The van der Waals surface area contributed by atoms with Gasteiger partial charge in [-0.25, -0.2) is 4.79 Å². The maximum atomic E-state index is 12.2. The van der Waals surface area contributed by atoms with Gasteiger partial charge in [0.1, 0.15) is 6.10 Å². The van der Waals surface area contributed by atoms with Crippen LogP contribution in [0.2, 0.25) is 0 Å². The molecule has 0 saturated heterocycles. The van der Waals surface area contributed by atoms with E-state index >= 15 is 0 Å². The van der Waals surface area contributed by atoms with E-state index < -0.39 is 12.1 Å². The van der Waals surface area contributed by atoms with Gasteiger partial charge in [-0.05, 0) is 37.7 Å². The van der Waals surface area contributed by atoms with E-state index in [4.69, 9.17) is 4.74 Å². The molecule has 1 aromatic rings. The topological polar surface area (TPSA) is 58.6 Å². The van der Waals surface area contributed by atoms with Gasteiger partial charge in [0.2, 0.25) is 0 Å². The number of aliphatic hydroxyl groups is 1. The van der Waals surface area contributed by atoms with E-state index in [0.717, 1.165) is 19.3 Å². The van der Waals surface area contributed by atoms with Crippen molar-refractivity contribution in [3.63, 3.8) is 0 Å². The third-order valence-corrected chi connectivity index (χ3v) is 4.34. The van der Waals surface area contributed by atoms with Gasteiger partial charge in [0.05, 0.1) is 0 Å². The predicted molar refractivity (Wildman–Crippen MR) is 79.7 cm³/mol. The first-order valence-corrected chi connectivity index (χ1v) is 7.93. The number of esters is 1. The average Bonchev–Trinajstić information content (AvgIpc) is 3.33. The smallest absolute Gasteiger partial charge is 0.339 e. The van der Waals surface area contributed by atoms with Gasteiger partial charge >= 0.3 is 5.97 Å². The number of ether oxygens (including phenoxy) is 1. The van der Waals surface area contributed by atoms with Gasteiger partial charge in [0.25, 0.3) is 0 Å². The molecule has 0 amide bonds. The second kappa shape index (κ2) is 6.58. The van der Waals surface area contributed by atoms with Crippen LogP contribution in [0.3, 0.4) is 0 Å². The highest BCUT2D eigenvalue weighted by Gasteiger charge is 2.34. The lowest BCUT2D eigenvalue weighted by atomic mass is 9.92. The van der Waals surface area contributed by atoms with Crippen molar-refractivity contribution in [2.75, 3.05) is 0 Å².